The molecule has 0 unspecified atom stereocenters. The van der Waals surface area contributed by atoms with E-state index < -0.39 is 0 Å². The van der Waals surface area contributed by atoms with Crippen LogP contribution in [0.3, 0.4) is 0 Å². The van der Waals surface area contributed by atoms with Crippen molar-refractivity contribution in [1.29, 1.82) is 0 Å². The summed E-state index contributed by atoms with van der Waals surface area (Å²) in [5.74, 6) is 0.845. The molecule has 3 nitrogen and oxygen atoms in total. The highest BCUT2D eigenvalue weighted by atomic mass is 79.9. The highest BCUT2D eigenvalue weighted by molar-refractivity contribution is 9.10. The minimum Gasteiger partial charge on any atom is -0.495 e. The summed E-state index contributed by atoms with van der Waals surface area (Å²) in [6, 6.07) is 2.20. The summed E-state index contributed by atoms with van der Waals surface area (Å²) in [4.78, 5) is 14.7. The summed E-state index contributed by atoms with van der Waals surface area (Å²) in [7, 11) is 1.68. The Labute approximate surface area is 121 Å². The van der Waals surface area contributed by atoms with Gasteiger partial charge in [0.2, 0.25) is 6.08 Å². The van der Waals surface area contributed by atoms with E-state index in [1.165, 1.54) is 24.0 Å². The second-order valence-corrected chi connectivity index (χ2v) is 6.14. The van der Waals surface area contributed by atoms with Crippen molar-refractivity contribution in [2.45, 2.75) is 44.1 Å². The second kappa shape index (κ2) is 4.77. The number of rotatable bonds is 3. The van der Waals surface area contributed by atoms with Gasteiger partial charge in [-0.15, -0.1) is 0 Å². The number of nitrogens with zero attached hydrogens (tertiary/aromatic N) is 1. The van der Waals surface area contributed by atoms with Crippen LogP contribution in [-0.4, -0.2) is 13.2 Å². The van der Waals surface area contributed by atoms with Crippen LogP contribution >= 0.6 is 15.9 Å². The van der Waals surface area contributed by atoms with E-state index in [9.17, 15) is 4.79 Å². The lowest BCUT2D eigenvalue weighted by Gasteiger charge is -2.23. The fraction of sp³-hybridized carbons (Fsp3) is 0.533. The standard InChI is InChI=1S/C15H16BrNO2/c1-19-14-12(15(6-7-15)17-9-18)8-10-4-2-3-5-11(10)13(14)16/h8H,2-7H2,1H3. The highest BCUT2D eigenvalue weighted by Gasteiger charge is 2.47. The second-order valence-electron chi connectivity index (χ2n) is 5.35. The van der Waals surface area contributed by atoms with Crippen molar-refractivity contribution in [2.75, 3.05) is 7.11 Å². The first-order valence-electron chi connectivity index (χ1n) is 6.69. The van der Waals surface area contributed by atoms with Gasteiger partial charge in [-0.05, 0) is 71.6 Å². The maximum atomic E-state index is 10.7. The Bertz CT molecular complexity index is 572. The van der Waals surface area contributed by atoms with Crippen LogP contribution in [0, 0.1) is 0 Å². The van der Waals surface area contributed by atoms with Crippen molar-refractivity contribution in [3.8, 4) is 5.75 Å². The first-order valence-corrected chi connectivity index (χ1v) is 7.49. The molecule has 0 aromatic heterocycles. The molecule has 0 aliphatic heterocycles. The van der Waals surface area contributed by atoms with Crippen LogP contribution in [0.1, 0.15) is 42.4 Å². The molecule has 2 aliphatic carbocycles. The first-order chi connectivity index (χ1) is 9.22. The summed E-state index contributed by atoms with van der Waals surface area (Å²) >= 11 is 3.68. The van der Waals surface area contributed by atoms with Crippen molar-refractivity contribution < 1.29 is 9.53 Å². The number of methoxy groups -OCH3 is 1. The van der Waals surface area contributed by atoms with Gasteiger partial charge in [-0.25, -0.2) is 4.79 Å². The minimum absolute atomic E-state index is 0.373. The number of benzene rings is 1. The molecular weight excluding hydrogens is 306 g/mol. The number of ether oxygens (including phenoxy) is 1. The Morgan fingerprint density at radius 3 is 2.74 bits per heavy atom. The fourth-order valence-electron chi connectivity index (χ4n) is 3.03. The molecule has 1 saturated carbocycles. The Balaban J connectivity index is 2.19. The molecule has 4 heteroatoms. The van der Waals surface area contributed by atoms with Crippen molar-refractivity contribution >= 4 is 22.0 Å². The Hall–Kier alpha value is -1.12. The molecule has 0 saturated heterocycles. The third-order valence-electron chi connectivity index (χ3n) is 4.23. The Morgan fingerprint density at radius 2 is 2.11 bits per heavy atom. The zero-order chi connectivity index (χ0) is 13.5. The average Bonchev–Trinajstić information content (AvgIpc) is 3.20. The number of halogens is 1. The predicted octanol–water partition coefficient (Wildman–Crippen LogP) is 3.66. The van der Waals surface area contributed by atoms with E-state index in [1.807, 2.05) is 0 Å². The van der Waals surface area contributed by atoms with Gasteiger partial charge in [0.1, 0.15) is 11.3 Å². The zero-order valence-corrected chi connectivity index (χ0v) is 12.5. The van der Waals surface area contributed by atoms with Crippen molar-refractivity contribution in [3.63, 3.8) is 0 Å². The third kappa shape index (κ3) is 2.03. The van der Waals surface area contributed by atoms with Crippen molar-refractivity contribution in [2.24, 2.45) is 4.99 Å². The number of carbonyl (C=O) groups excluding carboxylic acids is 1. The highest BCUT2D eigenvalue weighted by Crippen LogP contribution is 2.55. The maximum Gasteiger partial charge on any atom is 0.235 e. The molecule has 1 aromatic rings. The lowest BCUT2D eigenvalue weighted by molar-refractivity contribution is 0.400. The van der Waals surface area contributed by atoms with E-state index in [2.05, 4.69) is 27.0 Å². The minimum atomic E-state index is -0.373. The monoisotopic (exact) mass is 321 g/mol. The molecule has 19 heavy (non-hydrogen) atoms. The summed E-state index contributed by atoms with van der Waals surface area (Å²) in [6.07, 6.45) is 8.19. The molecule has 1 aromatic carbocycles. The lowest BCUT2D eigenvalue weighted by Crippen LogP contribution is -2.11. The Morgan fingerprint density at radius 1 is 1.37 bits per heavy atom. The van der Waals surface area contributed by atoms with Crippen LogP contribution < -0.4 is 4.74 Å². The summed E-state index contributed by atoms with van der Waals surface area (Å²) in [6.45, 7) is 0. The molecule has 0 bridgehead atoms. The first kappa shape index (κ1) is 12.9. The fourth-order valence-corrected chi connectivity index (χ4v) is 3.85. The van der Waals surface area contributed by atoms with Crippen LogP contribution in [0.2, 0.25) is 0 Å². The van der Waals surface area contributed by atoms with Gasteiger partial charge >= 0.3 is 0 Å². The number of fused-ring (bicyclic) bond motifs is 1. The summed E-state index contributed by atoms with van der Waals surface area (Å²) in [5, 5.41) is 0. The van der Waals surface area contributed by atoms with Crippen LogP contribution in [0.15, 0.2) is 15.5 Å². The van der Waals surface area contributed by atoms with E-state index in [4.69, 9.17) is 4.74 Å². The number of isocyanates is 1. The van der Waals surface area contributed by atoms with E-state index in [0.717, 1.165) is 41.5 Å². The number of hydrogen-bond acceptors (Lipinski definition) is 3. The maximum absolute atomic E-state index is 10.7. The zero-order valence-electron chi connectivity index (χ0n) is 11.0. The van der Waals surface area contributed by atoms with Crippen LogP contribution in [0.5, 0.6) is 5.75 Å². The average molecular weight is 322 g/mol. The largest absolute Gasteiger partial charge is 0.495 e. The van der Waals surface area contributed by atoms with E-state index in [1.54, 1.807) is 13.2 Å². The lowest BCUT2D eigenvalue weighted by atomic mass is 9.88. The summed E-state index contributed by atoms with van der Waals surface area (Å²) in [5.41, 5.74) is 3.41. The normalized spacial score (nSPS) is 19.3. The number of aryl methyl sites for hydroxylation is 1. The van der Waals surface area contributed by atoms with Crippen molar-refractivity contribution in [3.05, 3.63) is 27.2 Å². The van der Waals surface area contributed by atoms with Crippen LogP contribution in [-0.2, 0) is 23.2 Å². The van der Waals surface area contributed by atoms with Gasteiger partial charge in [0.15, 0.2) is 0 Å². The number of hydrogen-bond donors (Lipinski definition) is 0. The van der Waals surface area contributed by atoms with E-state index >= 15 is 0 Å². The number of aliphatic imine (C=N–C) groups is 1. The topological polar surface area (TPSA) is 38.7 Å². The molecule has 100 valence electrons. The van der Waals surface area contributed by atoms with Gasteiger partial charge in [-0.2, -0.15) is 4.99 Å². The summed E-state index contributed by atoms with van der Waals surface area (Å²) < 4.78 is 6.63. The molecule has 2 aliphatic rings. The van der Waals surface area contributed by atoms with E-state index in [0.29, 0.717) is 0 Å². The van der Waals surface area contributed by atoms with Gasteiger partial charge in [0.05, 0.1) is 11.6 Å². The van der Waals surface area contributed by atoms with Gasteiger partial charge in [0.25, 0.3) is 0 Å². The molecule has 0 heterocycles. The predicted molar refractivity (Wildman–Crippen MR) is 76.4 cm³/mol. The molecule has 1 fully saturated rings. The third-order valence-corrected chi connectivity index (χ3v) is 5.07. The molecule has 0 N–H and O–H groups in total. The Kier molecular flexibility index (Phi) is 3.23. The molecule has 3 rings (SSSR count). The van der Waals surface area contributed by atoms with Crippen LogP contribution in [0.25, 0.3) is 0 Å². The SMILES string of the molecule is COc1c(C2(N=C=O)CC2)cc2c(c1Br)CCCC2. The molecule has 0 atom stereocenters. The van der Waals surface area contributed by atoms with Gasteiger partial charge in [0, 0.05) is 5.56 Å². The molecule has 0 amide bonds. The quantitative estimate of drug-likeness (QED) is 0.629. The molecule has 0 radical (unpaired) electrons. The molecule has 0 spiro atoms. The van der Waals surface area contributed by atoms with E-state index in [-0.39, 0.29) is 5.54 Å². The van der Waals surface area contributed by atoms with Gasteiger partial charge in [-0.1, -0.05) is 0 Å². The van der Waals surface area contributed by atoms with Gasteiger partial charge < -0.3 is 4.74 Å². The van der Waals surface area contributed by atoms with Crippen LogP contribution in [0.4, 0.5) is 0 Å². The smallest absolute Gasteiger partial charge is 0.235 e. The van der Waals surface area contributed by atoms with Gasteiger partial charge in [-0.3, -0.25) is 0 Å². The molecular formula is C15H16BrNO2. The van der Waals surface area contributed by atoms with Crippen molar-refractivity contribution in [1.82, 2.24) is 0 Å².